The molecular weight excluding hydrogens is 353 g/mol. The first kappa shape index (κ1) is 18.0. The third-order valence-electron chi connectivity index (χ3n) is 5.77. The number of nitrogens with one attached hydrogen (secondary N) is 1. The minimum atomic E-state index is -4.40. The molecule has 1 amide bonds. The monoisotopic (exact) mass is 374 g/mol. The number of hydrogen-bond acceptors (Lipinski definition) is 2. The first-order valence-corrected chi connectivity index (χ1v) is 9.10. The van der Waals surface area contributed by atoms with Crippen molar-refractivity contribution in [3.63, 3.8) is 0 Å². The van der Waals surface area contributed by atoms with E-state index in [4.69, 9.17) is 0 Å². The van der Waals surface area contributed by atoms with Crippen molar-refractivity contribution in [3.05, 3.63) is 59.7 Å². The summed E-state index contributed by atoms with van der Waals surface area (Å²) >= 11 is 0. The molecule has 142 valence electrons. The summed E-state index contributed by atoms with van der Waals surface area (Å²) in [5.74, 6) is 0.114. The fraction of sp³-hybridized carbons (Fsp3) is 0.381. The van der Waals surface area contributed by atoms with Gasteiger partial charge in [-0.05, 0) is 48.1 Å². The Balaban J connectivity index is 1.65. The van der Waals surface area contributed by atoms with Gasteiger partial charge in [-0.2, -0.15) is 13.2 Å². The van der Waals surface area contributed by atoms with Gasteiger partial charge in [-0.15, -0.1) is 0 Å². The van der Waals surface area contributed by atoms with E-state index in [-0.39, 0.29) is 17.5 Å². The van der Waals surface area contributed by atoms with Crippen LogP contribution in [0, 0.1) is 0 Å². The van der Waals surface area contributed by atoms with Crippen LogP contribution in [0.5, 0.6) is 0 Å². The normalized spacial score (nSPS) is 25.6. The highest BCUT2D eigenvalue weighted by Gasteiger charge is 2.50. The number of amides is 1. The molecule has 0 bridgehead atoms. The molecule has 2 aromatic rings. The van der Waals surface area contributed by atoms with Crippen LogP contribution < -0.4 is 5.32 Å². The first-order chi connectivity index (χ1) is 12.8. The van der Waals surface area contributed by atoms with E-state index >= 15 is 0 Å². The molecule has 0 aromatic heterocycles. The lowest BCUT2D eigenvalue weighted by Crippen LogP contribution is -2.47. The Hall–Kier alpha value is -2.34. The third-order valence-corrected chi connectivity index (χ3v) is 5.77. The number of halogens is 3. The third kappa shape index (κ3) is 3.12. The maximum Gasteiger partial charge on any atom is 0.417 e. The Bertz CT molecular complexity index is 880. The maximum absolute atomic E-state index is 13.4. The van der Waals surface area contributed by atoms with Gasteiger partial charge in [0.05, 0.1) is 5.56 Å². The quantitative estimate of drug-likeness (QED) is 0.845. The number of carbonyl (C=O) groups is 1. The van der Waals surface area contributed by atoms with Crippen LogP contribution in [0.3, 0.4) is 0 Å². The summed E-state index contributed by atoms with van der Waals surface area (Å²) in [5, 5.41) is 3.47. The second-order valence-corrected chi connectivity index (χ2v) is 7.46. The lowest BCUT2D eigenvalue weighted by Gasteiger charge is -2.23. The average Bonchev–Trinajstić information content (AvgIpc) is 3.21. The van der Waals surface area contributed by atoms with Crippen LogP contribution in [0.1, 0.15) is 36.4 Å². The summed E-state index contributed by atoms with van der Waals surface area (Å²) in [5.41, 5.74) is 0.489. The minimum Gasteiger partial charge on any atom is -0.344 e. The number of carbonyl (C=O) groups excluding carboxylic acids is 1. The van der Waals surface area contributed by atoms with Gasteiger partial charge in [0.25, 0.3) is 0 Å². The summed E-state index contributed by atoms with van der Waals surface area (Å²) in [6.07, 6.45) is -2.08. The summed E-state index contributed by atoms with van der Waals surface area (Å²) in [7, 11) is 1.81. The van der Waals surface area contributed by atoms with E-state index in [9.17, 15) is 18.0 Å². The van der Waals surface area contributed by atoms with E-state index in [1.807, 2.05) is 12.1 Å². The van der Waals surface area contributed by atoms with E-state index in [1.165, 1.54) is 12.1 Å². The molecule has 27 heavy (non-hydrogen) atoms. The number of rotatable bonds is 2. The molecule has 3 nitrogen and oxygen atoms in total. The van der Waals surface area contributed by atoms with Crippen LogP contribution in [-0.2, 0) is 11.0 Å². The fourth-order valence-electron chi connectivity index (χ4n) is 4.32. The molecule has 6 heteroatoms. The van der Waals surface area contributed by atoms with Crippen LogP contribution in [0.15, 0.2) is 48.5 Å². The van der Waals surface area contributed by atoms with E-state index in [0.717, 1.165) is 37.4 Å². The van der Waals surface area contributed by atoms with Gasteiger partial charge < -0.3 is 4.90 Å². The largest absolute Gasteiger partial charge is 0.417 e. The molecule has 4 rings (SSSR count). The van der Waals surface area contributed by atoms with Crippen LogP contribution in [0.4, 0.5) is 13.2 Å². The van der Waals surface area contributed by atoms with E-state index in [0.29, 0.717) is 5.56 Å². The fourth-order valence-corrected chi connectivity index (χ4v) is 4.32. The van der Waals surface area contributed by atoms with Gasteiger partial charge in [0.1, 0.15) is 5.54 Å². The average molecular weight is 374 g/mol. The van der Waals surface area contributed by atoms with Crippen molar-refractivity contribution in [1.82, 2.24) is 10.2 Å². The molecule has 2 aromatic carbocycles. The summed E-state index contributed by atoms with van der Waals surface area (Å²) < 4.78 is 40.1. The van der Waals surface area contributed by atoms with Crippen molar-refractivity contribution >= 4 is 5.91 Å². The predicted octanol–water partition coefficient (Wildman–Crippen LogP) is 4.40. The lowest BCUT2D eigenvalue weighted by atomic mass is 9.94. The van der Waals surface area contributed by atoms with Crippen molar-refractivity contribution in [2.24, 2.45) is 0 Å². The molecule has 2 aliphatic heterocycles. The summed E-state index contributed by atoms with van der Waals surface area (Å²) in [6, 6.07) is 12.8. The zero-order valence-electron chi connectivity index (χ0n) is 15.0. The second-order valence-electron chi connectivity index (χ2n) is 7.46. The molecule has 0 radical (unpaired) electrons. The number of alkyl halides is 3. The molecule has 0 aliphatic carbocycles. The summed E-state index contributed by atoms with van der Waals surface area (Å²) in [6.45, 7) is 0.734. The number of hydrogen-bond donors (Lipinski definition) is 1. The predicted molar refractivity (Wildman–Crippen MR) is 97.0 cm³/mol. The van der Waals surface area contributed by atoms with Crippen molar-refractivity contribution in [2.75, 3.05) is 13.6 Å². The number of benzene rings is 2. The van der Waals surface area contributed by atoms with Crippen molar-refractivity contribution < 1.29 is 18.0 Å². The molecule has 0 saturated carbocycles. The highest BCUT2D eigenvalue weighted by atomic mass is 19.4. The molecule has 2 saturated heterocycles. The number of likely N-dealkylation sites (tertiary alicyclic amines) is 1. The van der Waals surface area contributed by atoms with Crippen molar-refractivity contribution in [3.8, 4) is 11.1 Å². The lowest BCUT2D eigenvalue weighted by molar-refractivity contribution is -0.137. The molecule has 2 atom stereocenters. The Labute approximate surface area is 156 Å². The number of nitrogens with zero attached hydrogens (tertiary/aromatic N) is 1. The van der Waals surface area contributed by atoms with Crippen LogP contribution in [-0.4, -0.2) is 29.9 Å². The Morgan fingerprint density at radius 3 is 2.59 bits per heavy atom. The second kappa shape index (κ2) is 6.37. The number of likely N-dealkylation sites (N-methyl/N-ethyl adjacent to an activating group) is 1. The maximum atomic E-state index is 13.4. The molecule has 1 spiro atoms. The van der Waals surface area contributed by atoms with E-state index < -0.39 is 17.3 Å². The van der Waals surface area contributed by atoms with Crippen LogP contribution in [0.25, 0.3) is 11.1 Å². The standard InChI is InChI=1S/C21H21F3N2O/c1-26-12-11-20(19(26)27)10-9-18(25-20)15-6-4-5-14(13-15)16-7-2-3-8-17(16)21(22,23)24/h2-8,13,18,25H,9-12H2,1H3/t18-,20+/m1/s1. The molecule has 1 N–H and O–H groups in total. The molecule has 2 aliphatic rings. The molecular formula is C21H21F3N2O. The Morgan fingerprint density at radius 2 is 1.89 bits per heavy atom. The van der Waals surface area contributed by atoms with Gasteiger partial charge in [-0.1, -0.05) is 36.4 Å². The Kier molecular flexibility index (Phi) is 4.26. The highest BCUT2D eigenvalue weighted by Crippen LogP contribution is 2.41. The van der Waals surface area contributed by atoms with E-state index in [1.54, 1.807) is 30.1 Å². The smallest absolute Gasteiger partial charge is 0.344 e. The van der Waals surface area contributed by atoms with Gasteiger partial charge >= 0.3 is 6.18 Å². The van der Waals surface area contributed by atoms with Gasteiger partial charge in [0, 0.05) is 19.6 Å². The minimum absolute atomic E-state index is 0.0292. The van der Waals surface area contributed by atoms with Crippen molar-refractivity contribution in [1.29, 1.82) is 0 Å². The van der Waals surface area contributed by atoms with Gasteiger partial charge in [-0.25, -0.2) is 0 Å². The van der Waals surface area contributed by atoms with Crippen LogP contribution in [0.2, 0.25) is 0 Å². The van der Waals surface area contributed by atoms with Crippen molar-refractivity contribution in [2.45, 2.75) is 37.0 Å². The molecule has 2 fully saturated rings. The SMILES string of the molecule is CN1CC[C@@]2(CC[C@H](c3cccc(-c4ccccc4C(F)(F)F)c3)N2)C1=O. The molecule has 0 unspecified atom stereocenters. The highest BCUT2D eigenvalue weighted by molar-refractivity contribution is 5.88. The Morgan fingerprint density at radius 1 is 1.11 bits per heavy atom. The topological polar surface area (TPSA) is 32.3 Å². The molecule has 2 heterocycles. The zero-order chi connectivity index (χ0) is 19.2. The van der Waals surface area contributed by atoms with E-state index in [2.05, 4.69) is 5.32 Å². The zero-order valence-corrected chi connectivity index (χ0v) is 15.0. The van der Waals surface area contributed by atoms with Crippen LogP contribution >= 0.6 is 0 Å². The van der Waals surface area contributed by atoms with Gasteiger partial charge in [0.2, 0.25) is 5.91 Å². The van der Waals surface area contributed by atoms with Gasteiger partial charge in [0.15, 0.2) is 0 Å². The summed E-state index contributed by atoms with van der Waals surface area (Å²) in [4.78, 5) is 14.2. The van der Waals surface area contributed by atoms with Gasteiger partial charge in [-0.3, -0.25) is 10.1 Å². The first-order valence-electron chi connectivity index (χ1n) is 9.10.